The lowest BCUT2D eigenvalue weighted by Gasteiger charge is -2.62. The van der Waals surface area contributed by atoms with Crippen molar-refractivity contribution in [1.29, 1.82) is 0 Å². The third-order valence-corrected chi connectivity index (χ3v) is 5.45. The minimum absolute atomic E-state index is 0.128. The zero-order chi connectivity index (χ0) is 17.5. The predicted octanol–water partition coefficient (Wildman–Crippen LogP) is 2.64. The average molecular weight is 338 g/mol. The Bertz CT molecular complexity index is 684. The van der Waals surface area contributed by atoms with Crippen LogP contribution in [-0.4, -0.2) is 61.2 Å². The molecule has 132 valence electrons. The summed E-state index contributed by atoms with van der Waals surface area (Å²) in [6, 6.07) is 7.90. The minimum Gasteiger partial charge on any atom is -0.490 e. The molecule has 4 aliphatic heterocycles. The highest BCUT2D eigenvalue weighted by Crippen LogP contribution is 2.46. The van der Waals surface area contributed by atoms with Crippen molar-refractivity contribution in [2.45, 2.75) is 13.8 Å². The molecule has 4 fully saturated rings. The molecule has 0 radical (unpaired) electrons. The molecule has 1 aromatic rings. The summed E-state index contributed by atoms with van der Waals surface area (Å²) in [7, 11) is 0. The van der Waals surface area contributed by atoms with Crippen LogP contribution in [0, 0.1) is 10.8 Å². The zero-order valence-electron chi connectivity index (χ0n) is 15.1. The molecule has 0 atom stereocenters. The molecular formula is C20H26N4O. The summed E-state index contributed by atoms with van der Waals surface area (Å²) < 4.78 is 5.50. The van der Waals surface area contributed by atoms with Crippen LogP contribution >= 0.6 is 0 Å². The van der Waals surface area contributed by atoms with Gasteiger partial charge in [-0.2, -0.15) is 10.2 Å². The number of nitrogens with zero attached hydrogens (tertiary/aromatic N) is 4. The first kappa shape index (κ1) is 16.5. The molecule has 0 amide bonds. The molecule has 0 spiro atoms. The van der Waals surface area contributed by atoms with Crippen molar-refractivity contribution in [3.05, 3.63) is 42.5 Å². The van der Waals surface area contributed by atoms with Crippen molar-refractivity contribution in [1.82, 2.24) is 9.80 Å². The highest BCUT2D eigenvalue weighted by atomic mass is 16.5. The van der Waals surface area contributed by atoms with Crippen LogP contribution in [-0.2, 0) is 0 Å². The van der Waals surface area contributed by atoms with Crippen molar-refractivity contribution >= 4 is 11.9 Å². The molecule has 4 bridgehead atoms. The Hall–Kier alpha value is -1.98. The van der Waals surface area contributed by atoms with E-state index in [2.05, 4.69) is 35.3 Å². The molecule has 1 aromatic carbocycles. The number of hydrogen-bond donors (Lipinski definition) is 0. The van der Waals surface area contributed by atoms with Gasteiger partial charge in [0.2, 0.25) is 0 Å². The second kappa shape index (κ2) is 6.07. The van der Waals surface area contributed by atoms with Crippen molar-refractivity contribution in [2.75, 3.05) is 39.5 Å². The van der Waals surface area contributed by atoms with E-state index in [4.69, 9.17) is 9.84 Å². The van der Waals surface area contributed by atoms with Crippen molar-refractivity contribution in [3.8, 4) is 5.75 Å². The van der Waals surface area contributed by atoms with Gasteiger partial charge in [-0.05, 0) is 29.8 Å². The SMILES string of the molecule is C=CCOc1ccc(/C=N/N=C2C3(C)CN4CN(C3)CC2(C)C4)cc1. The first-order valence-electron chi connectivity index (χ1n) is 8.91. The molecule has 5 rings (SSSR count). The maximum atomic E-state index is 5.50. The van der Waals surface area contributed by atoms with Crippen LogP contribution in [0.4, 0.5) is 0 Å². The molecule has 5 nitrogen and oxygen atoms in total. The molecule has 5 heteroatoms. The molecule has 0 unspecified atom stereocenters. The lowest BCUT2D eigenvalue weighted by atomic mass is 9.62. The Kier molecular flexibility index (Phi) is 4.01. The largest absolute Gasteiger partial charge is 0.490 e. The summed E-state index contributed by atoms with van der Waals surface area (Å²) in [5.74, 6) is 0.840. The van der Waals surface area contributed by atoms with Crippen LogP contribution in [0.15, 0.2) is 47.1 Å². The highest BCUT2D eigenvalue weighted by Gasteiger charge is 2.57. The lowest BCUT2D eigenvalue weighted by Crippen LogP contribution is -2.74. The molecule has 0 saturated carbocycles. The maximum Gasteiger partial charge on any atom is 0.119 e. The second-order valence-corrected chi connectivity index (χ2v) is 8.10. The summed E-state index contributed by atoms with van der Waals surface area (Å²) in [6.45, 7) is 14.4. The van der Waals surface area contributed by atoms with Gasteiger partial charge >= 0.3 is 0 Å². The molecule has 4 saturated heterocycles. The topological polar surface area (TPSA) is 40.4 Å². The highest BCUT2D eigenvalue weighted by molar-refractivity contribution is 5.97. The van der Waals surface area contributed by atoms with Gasteiger partial charge in [0.1, 0.15) is 12.4 Å². The van der Waals surface area contributed by atoms with E-state index in [1.165, 1.54) is 5.71 Å². The standard InChI is InChI=1S/C20H26N4O/c1-4-9-25-17-7-5-16(6-8-17)10-21-22-18-19(2)11-23-13-20(18,3)14-24(12-19)15-23/h4-8,10H,1,9,11-15H2,2-3H3/b21-10+,22-18?. The summed E-state index contributed by atoms with van der Waals surface area (Å²) in [5.41, 5.74) is 2.56. The Morgan fingerprint density at radius 2 is 1.68 bits per heavy atom. The van der Waals surface area contributed by atoms with Crippen LogP contribution in [0.2, 0.25) is 0 Å². The quantitative estimate of drug-likeness (QED) is 0.471. The summed E-state index contributed by atoms with van der Waals surface area (Å²) in [4.78, 5) is 5.11. The van der Waals surface area contributed by atoms with Gasteiger partial charge < -0.3 is 4.74 Å². The van der Waals surface area contributed by atoms with Crippen LogP contribution in [0.3, 0.4) is 0 Å². The predicted molar refractivity (Wildman–Crippen MR) is 101 cm³/mol. The van der Waals surface area contributed by atoms with Crippen LogP contribution in [0.25, 0.3) is 0 Å². The van der Waals surface area contributed by atoms with Gasteiger partial charge in [-0.1, -0.05) is 26.5 Å². The van der Waals surface area contributed by atoms with Gasteiger partial charge in [0, 0.05) is 37.0 Å². The molecule has 25 heavy (non-hydrogen) atoms. The monoisotopic (exact) mass is 338 g/mol. The molecular weight excluding hydrogens is 312 g/mol. The van der Waals surface area contributed by atoms with E-state index >= 15 is 0 Å². The Balaban J connectivity index is 1.51. The fraction of sp³-hybridized carbons (Fsp3) is 0.500. The summed E-state index contributed by atoms with van der Waals surface area (Å²) in [5, 5.41) is 9.16. The van der Waals surface area contributed by atoms with Crippen molar-refractivity contribution in [3.63, 3.8) is 0 Å². The van der Waals surface area contributed by atoms with Gasteiger partial charge in [0.05, 0.1) is 18.6 Å². The van der Waals surface area contributed by atoms with E-state index in [0.717, 1.165) is 44.2 Å². The van der Waals surface area contributed by atoms with E-state index in [1.54, 1.807) is 6.08 Å². The third kappa shape index (κ3) is 3.02. The van der Waals surface area contributed by atoms with Crippen LogP contribution in [0.5, 0.6) is 5.75 Å². The van der Waals surface area contributed by atoms with E-state index in [-0.39, 0.29) is 10.8 Å². The van der Waals surface area contributed by atoms with Crippen molar-refractivity contribution < 1.29 is 4.74 Å². The molecule has 4 heterocycles. The van der Waals surface area contributed by atoms with Gasteiger partial charge in [-0.25, -0.2) is 0 Å². The first-order chi connectivity index (χ1) is 12.0. The Morgan fingerprint density at radius 3 is 2.24 bits per heavy atom. The Morgan fingerprint density at radius 1 is 1.08 bits per heavy atom. The van der Waals surface area contributed by atoms with Gasteiger partial charge in [0.15, 0.2) is 0 Å². The third-order valence-electron chi connectivity index (χ3n) is 5.45. The van der Waals surface area contributed by atoms with Gasteiger partial charge in [-0.3, -0.25) is 9.80 Å². The van der Waals surface area contributed by atoms with Crippen LogP contribution < -0.4 is 4.74 Å². The van der Waals surface area contributed by atoms with Crippen LogP contribution in [0.1, 0.15) is 19.4 Å². The van der Waals surface area contributed by atoms with E-state index in [0.29, 0.717) is 6.61 Å². The zero-order valence-corrected chi connectivity index (χ0v) is 15.1. The van der Waals surface area contributed by atoms with E-state index in [9.17, 15) is 0 Å². The number of ether oxygens (including phenoxy) is 1. The molecule has 4 aliphatic rings. The second-order valence-electron chi connectivity index (χ2n) is 8.10. The summed E-state index contributed by atoms with van der Waals surface area (Å²) >= 11 is 0. The van der Waals surface area contributed by atoms with Crippen molar-refractivity contribution in [2.24, 2.45) is 21.0 Å². The minimum atomic E-state index is 0.128. The fourth-order valence-electron chi connectivity index (χ4n) is 4.90. The van der Waals surface area contributed by atoms with Gasteiger partial charge in [0.25, 0.3) is 0 Å². The number of benzene rings is 1. The van der Waals surface area contributed by atoms with Gasteiger partial charge in [-0.15, -0.1) is 0 Å². The normalized spacial score (nSPS) is 36.0. The molecule has 0 aromatic heterocycles. The number of rotatable bonds is 5. The Labute approximate surface area is 149 Å². The smallest absolute Gasteiger partial charge is 0.119 e. The number of piperidine rings is 2. The molecule has 0 N–H and O–H groups in total. The lowest BCUT2D eigenvalue weighted by molar-refractivity contribution is -0.0738. The number of hydrogen-bond acceptors (Lipinski definition) is 5. The fourth-order valence-corrected chi connectivity index (χ4v) is 4.90. The van der Waals surface area contributed by atoms with E-state index in [1.807, 2.05) is 30.5 Å². The summed E-state index contributed by atoms with van der Waals surface area (Å²) in [6.07, 6.45) is 3.58. The average Bonchev–Trinajstić information content (AvgIpc) is 2.55. The first-order valence-corrected chi connectivity index (χ1v) is 8.91. The van der Waals surface area contributed by atoms with E-state index < -0.39 is 0 Å². The maximum absolute atomic E-state index is 5.50. The molecule has 0 aliphatic carbocycles.